The van der Waals surface area contributed by atoms with Crippen LogP contribution < -0.4 is 5.32 Å². The smallest absolute Gasteiger partial charge is 0.159 e. The molecule has 1 fully saturated rings. The molecule has 10 rings (SSSR count). The second kappa shape index (κ2) is 8.99. The molecule has 5 nitrogen and oxygen atoms in total. The van der Waals surface area contributed by atoms with Crippen LogP contribution in [-0.4, -0.2) is 39.4 Å². The number of aliphatic imine (C=N–C) groups is 2. The lowest BCUT2D eigenvalue weighted by Gasteiger charge is -2.28. The summed E-state index contributed by atoms with van der Waals surface area (Å²) in [7, 11) is 0. The van der Waals surface area contributed by atoms with E-state index in [1.807, 2.05) is 23.5 Å². The summed E-state index contributed by atoms with van der Waals surface area (Å²) in [4.78, 5) is 12.9. The van der Waals surface area contributed by atoms with Gasteiger partial charge in [-0.15, -0.1) is 11.3 Å². The molecular weight excluding hydrogens is 559 g/mol. The van der Waals surface area contributed by atoms with Gasteiger partial charge in [-0.3, -0.25) is 4.90 Å². The Morgan fingerprint density at radius 1 is 0.705 bits per heavy atom. The molecule has 6 heteroatoms. The van der Waals surface area contributed by atoms with Crippen LogP contribution in [0.2, 0.25) is 0 Å². The van der Waals surface area contributed by atoms with Crippen molar-refractivity contribution < 1.29 is 0 Å². The van der Waals surface area contributed by atoms with Crippen molar-refractivity contribution in [2.24, 2.45) is 9.98 Å². The van der Waals surface area contributed by atoms with Gasteiger partial charge in [-0.1, -0.05) is 115 Å². The van der Waals surface area contributed by atoms with Crippen LogP contribution in [0.25, 0.3) is 42.0 Å². The second-order valence-corrected chi connectivity index (χ2v) is 13.0. The van der Waals surface area contributed by atoms with E-state index in [0.29, 0.717) is 0 Å². The molecule has 2 aromatic heterocycles. The molecule has 0 bridgehead atoms. The van der Waals surface area contributed by atoms with Gasteiger partial charge in [0.15, 0.2) is 5.84 Å². The van der Waals surface area contributed by atoms with E-state index in [1.54, 1.807) is 0 Å². The number of benzene rings is 5. The van der Waals surface area contributed by atoms with Gasteiger partial charge in [0.1, 0.15) is 18.2 Å². The molecule has 5 aromatic carbocycles. The summed E-state index contributed by atoms with van der Waals surface area (Å²) in [5, 5.41) is 9.01. The lowest BCUT2D eigenvalue weighted by molar-refractivity contribution is 0.322. The summed E-state index contributed by atoms with van der Waals surface area (Å²) in [6, 6.07) is 43.0. The van der Waals surface area contributed by atoms with Gasteiger partial charge in [-0.2, -0.15) is 0 Å². The standard InChI is InChI=1S/C38H27N5S/c1-3-11-24(12-4-1)35-39-36(25-13-5-2-6-14-25)41-37(40-35)38-22-21-32(42(38)23-38)43-30-17-9-7-15-26(30)28-19-20-29-27-16-8-10-18-31(27)44-34(29)33(28)43/h1-22,32,37H,23H2,(H,39,40,41). The third kappa shape index (κ3) is 3.38. The van der Waals surface area contributed by atoms with E-state index in [-0.39, 0.29) is 17.9 Å². The monoisotopic (exact) mass is 585 g/mol. The van der Waals surface area contributed by atoms with Crippen molar-refractivity contribution >= 4 is 65.0 Å². The van der Waals surface area contributed by atoms with Crippen LogP contribution in [0.5, 0.6) is 0 Å². The minimum Gasteiger partial charge on any atom is -0.346 e. The van der Waals surface area contributed by atoms with Crippen molar-refractivity contribution in [3.63, 3.8) is 0 Å². The van der Waals surface area contributed by atoms with E-state index in [0.717, 1.165) is 29.3 Å². The number of rotatable bonds is 4. The quantitative estimate of drug-likeness (QED) is 0.168. The molecule has 3 aliphatic heterocycles. The van der Waals surface area contributed by atoms with E-state index in [1.165, 1.54) is 42.0 Å². The SMILES string of the molecule is C1=CC2(C3N=C(c4ccccc4)N=C(c4ccccc4)N3)CN2C1n1c2ccccc2c2ccc3c4ccccc4sc3c21. The van der Waals surface area contributed by atoms with E-state index in [2.05, 4.69) is 136 Å². The van der Waals surface area contributed by atoms with Gasteiger partial charge >= 0.3 is 0 Å². The highest BCUT2D eigenvalue weighted by Gasteiger charge is 2.63. The van der Waals surface area contributed by atoms with Crippen LogP contribution in [0.15, 0.2) is 143 Å². The number of nitrogens with zero attached hydrogens (tertiary/aromatic N) is 4. The van der Waals surface area contributed by atoms with Gasteiger partial charge in [0, 0.05) is 43.9 Å². The predicted molar refractivity (Wildman–Crippen MR) is 183 cm³/mol. The molecule has 1 N–H and O–H groups in total. The Morgan fingerprint density at radius 2 is 1.41 bits per heavy atom. The Labute approximate surface area is 258 Å². The molecule has 1 saturated heterocycles. The largest absolute Gasteiger partial charge is 0.346 e. The predicted octanol–water partition coefficient (Wildman–Crippen LogP) is 8.11. The van der Waals surface area contributed by atoms with Gasteiger partial charge in [0.25, 0.3) is 0 Å². The fourth-order valence-corrected chi connectivity index (χ4v) is 8.59. The van der Waals surface area contributed by atoms with E-state index in [4.69, 9.17) is 9.98 Å². The summed E-state index contributed by atoms with van der Waals surface area (Å²) >= 11 is 1.90. The number of fused-ring (bicyclic) bond motifs is 8. The first-order valence-corrected chi connectivity index (χ1v) is 15.9. The maximum atomic E-state index is 5.26. The minimum absolute atomic E-state index is 0.0874. The highest BCUT2D eigenvalue weighted by molar-refractivity contribution is 7.26. The molecule has 210 valence electrons. The molecule has 3 aliphatic rings. The van der Waals surface area contributed by atoms with Crippen LogP contribution in [-0.2, 0) is 0 Å². The first kappa shape index (κ1) is 24.4. The topological polar surface area (TPSA) is 44.7 Å². The van der Waals surface area contributed by atoms with Crippen molar-refractivity contribution in [3.8, 4) is 0 Å². The zero-order chi connectivity index (χ0) is 28.8. The van der Waals surface area contributed by atoms with Crippen molar-refractivity contribution in [2.75, 3.05) is 6.54 Å². The highest BCUT2D eigenvalue weighted by Crippen LogP contribution is 2.52. The summed E-state index contributed by atoms with van der Waals surface area (Å²) < 4.78 is 5.26. The van der Waals surface area contributed by atoms with Gasteiger partial charge in [0.2, 0.25) is 0 Å². The van der Waals surface area contributed by atoms with Crippen molar-refractivity contribution in [1.29, 1.82) is 0 Å². The number of para-hydroxylation sites is 1. The first-order chi connectivity index (χ1) is 21.8. The zero-order valence-electron chi connectivity index (χ0n) is 23.8. The summed E-state index contributed by atoms with van der Waals surface area (Å²) in [5.41, 5.74) is 4.45. The molecule has 4 atom stereocenters. The maximum absolute atomic E-state index is 5.26. The van der Waals surface area contributed by atoms with Gasteiger partial charge in [-0.25, -0.2) is 9.98 Å². The average molecular weight is 586 g/mol. The number of hydrogen-bond acceptors (Lipinski definition) is 5. The molecule has 0 aliphatic carbocycles. The Hall–Kier alpha value is -5.04. The lowest BCUT2D eigenvalue weighted by Crippen LogP contribution is -2.48. The Morgan fingerprint density at radius 3 is 2.23 bits per heavy atom. The minimum atomic E-state index is -0.230. The summed E-state index contributed by atoms with van der Waals surface area (Å²) in [6.45, 7) is 0.926. The number of nitrogens with one attached hydrogen (secondary N) is 1. The Bertz CT molecular complexity index is 2360. The summed E-state index contributed by atoms with van der Waals surface area (Å²) in [5.74, 6) is 1.64. The molecule has 0 spiro atoms. The van der Waals surface area contributed by atoms with Gasteiger partial charge in [0.05, 0.1) is 21.3 Å². The molecule has 0 amide bonds. The lowest BCUT2D eigenvalue weighted by atomic mass is 10.0. The van der Waals surface area contributed by atoms with Gasteiger partial charge < -0.3 is 9.88 Å². The van der Waals surface area contributed by atoms with Crippen molar-refractivity contribution in [3.05, 3.63) is 145 Å². The molecular formula is C38H27N5S. The molecule has 7 aromatic rings. The normalized spacial score (nSPS) is 24.0. The zero-order valence-corrected chi connectivity index (χ0v) is 24.6. The van der Waals surface area contributed by atoms with Crippen LogP contribution in [0.1, 0.15) is 17.3 Å². The molecule has 0 radical (unpaired) electrons. The number of amidine groups is 2. The van der Waals surface area contributed by atoms with Crippen LogP contribution in [0.4, 0.5) is 0 Å². The highest BCUT2D eigenvalue weighted by atomic mass is 32.1. The molecule has 0 saturated carbocycles. The van der Waals surface area contributed by atoms with Crippen LogP contribution in [0.3, 0.4) is 0 Å². The molecule has 5 heterocycles. The Kier molecular flexibility index (Phi) is 4.99. The summed E-state index contributed by atoms with van der Waals surface area (Å²) in [6.07, 6.45) is 4.70. The second-order valence-electron chi connectivity index (χ2n) is 11.9. The Balaban J connectivity index is 1.12. The van der Waals surface area contributed by atoms with Crippen LogP contribution in [0, 0.1) is 0 Å². The fraction of sp³-hybridized carbons (Fsp3) is 0.105. The fourth-order valence-electron chi connectivity index (χ4n) is 7.34. The number of thiophene rings is 1. The third-order valence-corrected chi connectivity index (χ3v) is 10.7. The third-order valence-electron chi connectivity index (χ3n) is 9.51. The van der Waals surface area contributed by atoms with Crippen LogP contribution >= 0.6 is 11.3 Å². The number of aromatic nitrogens is 1. The van der Waals surface area contributed by atoms with Crippen molar-refractivity contribution in [2.45, 2.75) is 17.9 Å². The molecule has 4 unspecified atom stereocenters. The van der Waals surface area contributed by atoms with E-state index < -0.39 is 0 Å². The molecule has 44 heavy (non-hydrogen) atoms. The number of hydrogen-bond donors (Lipinski definition) is 1. The van der Waals surface area contributed by atoms with E-state index in [9.17, 15) is 0 Å². The average Bonchev–Trinajstić information content (AvgIpc) is 3.35. The first-order valence-electron chi connectivity index (χ1n) is 15.1. The maximum Gasteiger partial charge on any atom is 0.159 e. The van der Waals surface area contributed by atoms with Gasteiger partial charge in [-0.05, 0) is 18.2 Å². The van der Waals surface area contributed by atoms with E-state index >= 15 is 0 Å². The van der Waals surface area contributed by atoms with Crippen molar-refractivity contribution in [1.82, 2.24) is 14.8 Å².